The summed E-state index contributed by atoms with van der Waals surface area (Å²) in [6.45, 7) is 1.52. The number of unbranched alkanes of at least 4 members (excludes halogenated alkanes) is 1. The van der Waals surface area contributed by atoms with Crippen LogP contribution in [-0.2, 0) is 33.1 Å². The van der Waals surface area contributed by atoms with Crippen molar-refractivity contribution in [1.29, 1.82) is 0 Å². The average Bonchev–Trinajstić information content (AvgIpc) is 2.51. The fourth-order valence-electron chi connectivity index (χ4n) is 2.86. The third-order valence-corrected chi connectivity index (χ3v) is 5.92. The molecule has 0 saturated heterocycles. The maximum Gasteiger partial charge on any atom is 0.207 e. The van der Waals surface area contributed by atoms with Crippen LogP contribution in [0, 0.1) is 0 Å². The number of aryl methyl sites for hydroxylation is 3. The van der Waals surface area contributed by atoms with Gasteiger partial charge in [-0.25, -0.2) is 0 Å². The van der Waals surface area contributed by atoms with Gasteiger partial charge in [0.1, 0.15) is 5.78 Å². The number of Topliss-reactive ketones (excluding diaryl/α,β-unsaturated/α-hetero) is 1. The van der Waals surface area contributed by atoms with E-state index in [4.69, 9.17) is 9.51 Å². The van der Waals surface area contributed by atoms with Crippen LogP contribution in [0.1, 0.15) is 49.1 Å². The zero-order valence-corrected chi connectivity index (χ0v) is 14.5. The average molecular weight is 323 g/mol. The fraction of sp³-hybridized carbons (Fsp3) is 0.647. The number of carbonyl (C=O) groups is 1. The number of nitrogens with zero attached hydrogens (tertiary/aromatic N) is 1. The van der Waals surface area contributed by atoms with Gasteiger partial charge < -0.3 is 4.52 Å². The minimum Gasteiger partial charge on any atom is -0.332 e. The molecule has 0 N–H and O–H groups in total. The monoisotopic (exact) mass is 323 g/mol. The minimum atomic E-state index is -2.71. The number of ketones is 1. The molecule has 0 aromatic carbocycles. The van der Waals surface area contributed by atoms with Crippen LogP contribution in [0.5, 0.6) is 0 Å². The van der Waals surface area contributed by atoms with Crippen molar-refractivity contribution in [2.45, 2.75) is 51.4 Å². The summed E-state index contributed by atoms with van der Waals surface area (Å²) in [4.78, 5) is 16.5. The summed E-state index contributed by atoms with van der Waals surface area (Å²) in [6.07, 6.45) is 7.99. The number of pyridine rings is 1. The van der Waals surface area contributed by atoms with Gasteiger partial charge in [0.25, 0.3) is 0 Å². The Labute approximate surface area is 133 Å². The van der Waals surface area contributed by atoms with Crippen LogP contribution >= 0.6 is 7.37 Å². The van der Waals surface area contributed by atoms with E-state index >= 15 is 0 Å². The molecule has 0 aliphatic heterocycles. The van der Waals surface area contributed by atoms with Crippen molar-refractivity contribution in [2.24, 2.45) is 0 Å². The molecule has 0 fully saturated rings. The van der Waals surface area contributed by atoms with E-state index in [9.17, 15) is 9.36 Å². The standard InChI is InChI=1S/C17H26NO3P/c1-21-22(2,20)13-16(19)9-5-4-8-15-12-11-14-7-3-6-10-17(14)18-15/h11-12H,3-10,13H2,1-2H3. The second-order valence-electron chi connectivity index (χ2n) is 6.22. The largest absolute Gasteiger partial charge is 0.332 e. The molecule has 0 radical (unpaired) electrons. The molecule has 22 heavy (non-hydrogen) atoms. The topological polar surface area (TPSA) is 56.3 Å². The molecular formula is C17H26NO3P. The van der Waals surface area contributed by atoms with Crippen LogP contribution in [0.15, 0.2) is 12.1 Å². The number of fused-ring (bicyclic) bond motifs is 1. The lowest BCUT2D eigenvalue weighted by molar-refractivity contribution is -0.116. The van der Waals surface area contributed by atoms with Crippen molar-refractivity contribution in [1.82, 2.24) is 4.98 Å². The predicted molar refractivity (Wildman–Crippen MR) is 88.8 cm³/mol. The van der Waals surface area contributed by atoms with Crippen LogP contribution in [0.2, 0.25) is 0 Å². The van der Waals surface area contributed by atoms with Gasteiger partial charge in [-0.15, -0.1) is 0 Å². The van der Waals surface area contributed by atoms with Gasteiger partial charge in [-0.3, -0.25) is 14.3 Å². The summed E-state index contributed by atoms with van der Waals surface area (Å²) in [7, 11) is -1.31. The Kier molecular flexibility index (Phi) is 6.34. The maximum atomic E-state index is 11.8. The molecule has 0 spiro atoms. The Morgan fingerprint density at radius 2 is 2.05 bits per heavy atom. The van der Waals surface area contributed by atoms with E-state index < -0.39 is 7.37 Å². The normalized spacial score (nSPS) is 16.8. The molecule has 1 aromatic heterocycles. The molecule has 1 unspecified atom stereocenters. The van der Waals surface area contributed by atoms with Crippen molar-refractivity contribution in [3.8, 4) is 0 Å². The van der Waals surface area contributed by atoms with Gasteiger partial charge in [-0.1, -0.05) is 6.07 Å². The minimum absolute atomic E-state index is 0.0334. The summed E-state index contributed by atoms with van der Waals surface area (Å²) < 4.78 is 16.6. The van der Waals surface area contributed by atoms with Crippen molar-refractivity contribution in [3.05, 3.63) is 29.1 Å². The molecule has 1 aromatic rings. The lowest BCUT2D eigenvalue weighted by Gasteiger charge is -2.15. The van der Waals surface area contributed by atoms with Crippen molar-refractivity contribution >= 4 is 13.2 Å². The third-order valence-electron chi connectivity index (χ3n) is 4.22. The van der Waals surface area contributed by atoms with Gasteiger partial charge in [0, 0.05) is 31.6 Å². The Morgan fingerprint density at radius 3 is 2.82 bits per heavy atom. The molecule has 1 heterocycles. The lowest BCUT2D eigenvalue weighted by Crippen LogP contribution is -2.08. The second kappa shape index (κ2) is 8.03. The molecular weight excluding hydrogens is 297 g/mol. The second-order valence-corrected chi connectivity index (χ2v) is 8.93. The molecule has 0 amide bonds. The van der Waals surface area contributed by atoms with E-state index in [-0.39, 0.29) is 11.9 Å². The van der Waals surface area contributed by atoms with Gasteiger partial charge >= 0.3 is 0 Å². The van der Waals surface area contributed by atoms with Gasteiger partial charge in [-0.05, 0) is 56.6 Å². The van der Waals surface area contributed by atoms with Crippen molar-refractivity contribution in [2.75, 3.05) is 19.9 Å². The molecule has 1 atom stereocenters. The molecule has 0 saturated carbocycles. The van der Waals surface area contributed by atoms with Crippen molar-refractivity contribution < 1.29 is 13.9 Å². The first-order valence-corrected chi connectivity index (χ1v) is 10.4. The van der Waals surface area contributed by atoms with Crippen LogP contribution in [0.25, 0.3) is 0 Å². The summed E-state index contributed by atoms with van der Waals surface area (Å²) in [5, 5.41) is 0. The molecule has 0 bridgehead atoms. The van der Waals surface area contributed by atoms with Gasteiger partial charge in [0.05, 0.1) is 6.16 Å². The molecule has 4 nitrogen and oxygen atoms in total. The van der Waals surface area contributed by atoms with Crippen LogP contribution in [-0.4, -0.2) is 30.7 Å². The molecule has 1 aliphatic rings. The number of hydrogen-bond donors (Lipinski definition) is 0. The van der Waals surface area contributed by atoms with Crippen LogP contribution < -0.4 is 0 Å². The third kappa shape index (κ3) is 5.33. The van der Waals surface area contributed by atoms with Gasteiger partial charge in [0.15, 0.2) is 0 Å². The Balaban J connectivity index is 1.73. The number of aromatic nitrogens is 1. The smallest absolute Gasteiger partial charge is 0.207 e. The van der Waals surface area contributed by atoms with Crippen LogP contribution in [0.4, 0.5) is 0 Å². The number of carbonyl (C=O) groups excluding carboxylic acids is 1. The fourth-order valence-corrected chi connectivity index (χ4v) is 3.79. The summed E-state index contributed by atoms with van der Waals surface area (Å²) in [5.74, 6) is 0.0334. The Morgan fingerprint density at radius 1 is 1.27 bits per heavy atom. The molecule has 122 valence electrons. The predicted octanol–water partition coefficient (Wildman–Crippen LogP) is 3.80. The molecule has 2 rings (SSSR count). The first-order valence-electron chi connectivity index (χ1n) is 8.12. The summed E-state index contributed by atoms with van der Waals surface area (Å²) in [6, 6.07) is 4.34. The van der Waals surface area contributed by atoms with E-state index in [2.05, 4.69) is 12.1 Å². The highest BCUT2D eigenvalue weighted by molar-refractivity contribution is 7.59. The highest BCUT2D eigenvalue weighted by Gasteiger charge is 2.18. The highest BCUT2D eigenvalue weighted by atomic mass is 31.2. The number of hydrogen-bond acceptors (Lipinski definition) is 4. The Bertz CT molecular complexity index is 571. The zero-order valence-electron chi connectivity index (χ0n) is 13.6. The quantitative estimate of drug-likeness (QED) is 0.539. The van der Waals surface area contributed by atoms with Gasteiger partial charge in [0.2, 0.25) is 7.37 Å². The number of rotatable bonds is 8. The SMILES string of the molecule is COP(C)(=O)CC(=O)CCCCc1ccc2c(n1)CCCC2. The van der Waals surface area contributed by atoms with Gasteiger partial charge in [-0.2, -0.15) is 0 Å². The molecule has 1 aliphatic carbocycles. The maximum absolute atomic E-state index is 11.8. The lowest BCUT2D eigenvalue weighted by atomic mass is 9.95. The first-order chi connectivity index (χ1) is 10.5. The summed E-state index contributed by atoms with van der Waals surface area (Å²) >= 11 is 0. The zero-order chi connectivity index (χ0) is 16.0. The van der Waals surface area contributed by atoms with E-state index in [1.807, 2.05) is 0 Å². The molecule has 5 heteroatoms. The van der Waals surface area contributed by atoms with Crippen LogP contribution in [0.3, 0.4) is 0 Å². The van der Waals surface area contributed by atoms with Crippen molar-refractivity contribution in [3.63, 3.8) is 0 Å². The Hall–Kier alpha value is -0.990. The van der Waals surface area contributed by atoms with E-state index in [1.165, 1.54) is 37.9 Å². The van der Waals surface area contributed by atoms with E-state index in [0.29, 0.717) is 6.42 Å². The summed E-state index contributed by atoms with van der Waals surface area (Å²) in [5.41, 5.74) is 3.81. The van der Waals surface area contributed by atoms with E-state index in [1.54, 1.807) is 0 Å². The van der Waals surface area contributed by atoms with E-state index in [0.717, 1.165) is 37.8 Å². The first kappa shape index (κ1) is 17.4. The highest BCUT2D eigenvalue weighted by Crippen LogP contribution is 2.41.